The zero-order valence-corrected chi connectivity index (χ0v) is 9.46. The quantitative estimate of drug-likeness (QED) is 0.707. The van der Waals surface area contributed by atoms with Crippen LogP contribution in [0.2, 0.25) is 0 Å². The molecule has 1 aromatic rings. The third-order valence-corrected chi connectivity index (χ3v) is 4.08. The Hall–Kier alpha value is -1.31. The van der Waals surface area contributed by atoms with Gasteiger partial charge in [0.25, 0.3) is 0 Å². The molecule has 0 unspecified atom stereocenters. The average molecular weight is 215 g/mol. The van der Waals surface area contributed by atoms with Crippen molar-refractivity contribution in [3.05, 3.63) is 29.8 Å². The van der Waals surface area contributed by atoms with Gasteiger partial charge in [0.05, 0.1) is 0 Å². The lowest BCUT2D eigenvalue weighted by Gasteiger charge is -2.41. The van der Waals surface area contributed by atoms with Crippen LogP contribution in [0.5, 0.6) is 0 Å². The predicted octanol–water partition coefficient (Wildman–Crippen LogP) is 3.23. The number of nitrogens with one attached hydrogen (secondary N) is 1. The van der Waals surface area contributed by atoms with Crippen LogP contribution in [-0.2, 0) is 10.2 Å². The second-order valence-corrected chi connectivity index (χ2v) is 5.11. The highest BCUT2D eigenvalue weighted by Gasteiger charge is 2.40. The number of carbonyl (C=O) groups is 1. The molecule has 0 atom stereocenters. The second kappa shape index (κ2) is 3.62. The fourth-order valence-corrected chi connectivity index (χ4v) is 3.33. The van der Waals surface area contributed by atoms with Gasteiger partial charge in [-0.15, -0.1) is 0 Å². The van der Waals surface area contributed by atoms with Gasteiger partial charge in [-0.05, 0) is 24.5 Å². The third kappa shape index (κ3) is 1.44. The Balaban J connectivity index is 2.08. The normalized spacial score (nSPS) is 22.6. The minimum atomic E-state index is 0.150. The largest absolute Gasteiger partial charge is 0.326 e. The highest BCUT2D eigenvalue weighted by atomic mass is 16.1. The first-order valence-corrected chi connectivity index (χ1v) is 6.20. The highest BCUT2D eigenvalue weighted by Crippen LogP contribution is 2.47. The summed E-state index contributed by atoms with van der Waals surface area (Å²) in [6.07, 6.45) is 6.90. The molecule has 0 saturated heterocycles. The number of benzene rings is 1. The lowest BCUT2D eigenvalue weighted by Crippen LogP contribution is -2.38. The van der Waals surface area contributed by atoms with Gasteiger partial charge in [-0.1, -0.05) is 37.5 Å². The summed E-state index contributed by atoms with van der Waals surface area (Å²) in [6.45, 7) is 0. The molecule has 1 amide bonds. The Kier molecular flexibility index (Phi) is 2.23. The van der Waals surface area contributed by atoms with Crippen molar-refractivity contribution in [3.8, 4) is 0 Å². The number of carbonyl (C=O) groups excluding carboxylic acids is 1. The average Bonchev–Trinajstić information content (AvgIpc) is 2.30. The van der Waals surface area contributed by atoms with Gasteiger partial charge < -0.3 is 5.32 Å². The minimum absolute atomic E-state index is 0.150. The van der Waals surface area contributed by atoms with Gasteiger partial charge in [0.2, 0.25) is 5.91 Å². The van der Waals surface area contributed by atoms with Crippen LogP contribution in [0.3, 0.4) is 0 Å². The van der Waals surface area contributed by atoms with Gasteiger partial charge in [-0.25, -0.2) is 0 Å². The number of hydrogen-bond donors (Lipinski definition) is 1. The van der Waals surface area contributed by atoms with E-state index in [0.717, 1.165) is 5.69 Å². The van der Waals surface area contributed by atoms with E-state index in [9.17, 15) is 4.79 Å². The van der Waals surface area contributed by atoms with E-state index in [0.29, 0.717) is 6.42 Å². The summed E-state index contributed by atoms with van der Waals surface area (Å²) in [5.41, 5.74) is 2.56. The zero-order valence-electron chi connectivity index (χ0n) is 9.46. The SMILES string of the molecule is O=C1CC2(CCCCC2)c2ccccc2N1. The fourth-order valence-electron chi connectivity index (χ4n) is 3.33. The van der Waals surface area contributed by atoms with E-state index in [-0.39, 0.29) is 11.3 Å². The fraction of sp³-hybridized carbons (Fsp3) is 0.500. The standard InChI is InChI=1S/C14H17NO/c16-13-10-14(8-4-1-5-9-14)11-6-2-3-7-12(11)15-13/h2-3,6-7H,1,4-5,8-10H2,(H,15,16). The van der Waals surface area contributed by atoms with Crippen molar-refractivity contribution >= 4 is 11.6 Å². The van der Waals surface area contributed by atoms with E-state index in [1.54, 1.807) is 0 Å². The van der Waals surface area contributed by atoms with Crippen molar-refractivity contribution in [1.82, 2.24) is 0 Å². The van der Waals surface area contributed by atoms with E-state index < -0.39 is 0 Å². The molecule has 1 N–H and O–H groups in total. The number of fused-ring (bicyclic) bond motifs is 2. The third-order valence-electron chi connectivity index (χ3n) is 4.08. The molecule has 16 heavy (non-hydrogen) atoms. The molecule has 1 aromatic carbocycles. The Bertz CT molecular complexity index is 418. The molecule has 84 valence electrons. The number of rotatable bonds is 0. The van der Waals surface area contributed by atoms with Gasteiger partial charge in [0, 0.05) is 17.5 Å². The minimum Gasteiger partial charge on any atom is -0.326 e. The summed E-state index contributed by atoms with van der Waals surface area (Å²) in [6, 6.07) is 8.32. The van der Waals surface area contributed by atoms with Crippen LogP contribution in [0.1, 0.15) is 44.1 Å². The van der Waals surface area contributed by atoms with Crippen molar-refractivity contribution in [2.45, 2.75) is 43.9 Å². The van der Waals surface area contributed by atoms with Gasteiger partial charge in [0.1, 0.15) is 0 Å². The van der Waals surface area contributed by atoms with Gasteiger partial charge >= 0.3 is 0 Å². The highest BCUT2D eigenvalue weighted by molar-refractivity contribution is 5.95. The Morgan fingerprint density at radius 2 is 1.81 bits per heavy atom. The summed E-state index contributed by atoms with van der Waals surface area (Å²) in [7, 11) is 0. The van der Waals surface area contributed by atoms with Gasteiger partial charge in [-0.2, -0.15) is 0 Å². The van der Waals surface area contributed by atoms with Crippen LogP contribution in [0.15, 0.2) is 24.3 Å². The maximum Gasteiger partial charge on any atom is 0.225 e. The molecule has 0 bridgehead atoms. The van der Waals surface area contributed by atoms with Crippen LogP contribution in [0.4, 0.5) is 5.69 Å². The van der Waals surface area contributed by atoms with E-state index in [2.05, 4.69) is 17.4 Å². The maximum atomic E-state index is 11.8. The van der Waals surface area contributed by atoms with Crippen molar-refractivity contribution in [2.75, 3.05) is 5.32 Å². The molecule has 2 aliphatic rings. The Morgan fingerprint density at radius 3 is 2.62 bits per heavy atom. The van der Waals surface area contributed by atoms with Gasteiger partial charge in [0.15, 0.2) is 0 Å². The first kappa shape index (κ1) is 9.88. The summed E-state index contributed by atoms with van der Waals surface area (Å²) in [4.78, 5) is 11.8. The molecule has 2 heteroatoms. The molecule has 1 aliphatic carbocycles. The molecule has 3 rings (SSSR count). The molecule has 1 aliphatic heterocycles. The lowest BCUT2D eigenvalue weighted by molar-refractivity contribution is -0.118. The van der Waals surface area contributed by atoms with E-state index in [1.165, 1.54) is 37.7 Å². The van der Waals surface area contributed by atoms with Crippen molar-refractivity contribution in [2.24, 2.45) is 0 Å². The smallest absolute Gasteiger partial charge is 0.225 e. The number of amides is 1. The first-order chi connectivity index (χ1) is 7.80. The molecule has 1 heterocycles. The monoisotopic (exact) mass is 215 g/mol. The van der Waals surface area contributed by atoms with Crippen LogP contribution < -0.4 is 5.32 Å². The molecular formula is C14H17NO. The number of anilines is 1. The van der Waals surface area contributed by atoms with Crippen LogP contribution in [0.25, 0.3) is 0 Å². The number of hydrogen-bond acceptors (Lipinski definition) is 1. The Morgan fingerprint density at radius 1 is 1.06 bits per heavy atom. The molecular weight excluding hydrogens is 198 g/mol. The predicted molar refractivity (Wildman–Crippen MR) is 64.5 cm³/mol. The second-order valence-electron chi connectivity index (χ2n) is 5.11. The molecule has 1 saturated carbocycles. The van der Waals surface area contributed by atoms with Gasteiger partial charge in [-0.3, -0.25) is 4.79 Å². The summed E-state index contributed by atoms with van der Waals surface area (Å²) in [5.74, 6) is 0.195. The maximum absolute atomic E-state index is 11.8. The topological polar surface area (TPSA) is 29.1 Å². The van der Waals surface area contributed by atoms with Crippen LogP contribution >= 0.6 is 0 Å². The van der Waals surface area contributed by atoms with E-state index in [1.807, 2.05) is 12.1 Å². The molecule has 2 nitrogen and oxygen atoms in total. The summed E-state index contributed by atoms with van der Waals surface area (Å²) < 4.78 is 0. The molecule has 1 spiro atoms. The first-order valence-electron chi connectivity index (χ1n) is 6.20. The van der Waals surface area contributed by atoms with Crippen molar-refractivity contribution in [1.29, 1.82) is 0 Å². The van der Waals surface area contributed by atoms with E-state index in [4.69, 9.17) is 0 Å². The lowest BCUT2D eigenvalue weighted by atomic mass is 9.65. The van der Waals surface area contributed by atoms with Crippen LogP contribution in [0, 0.1) is 0 Å². The van der Waals surface area contributed by atoms with Crippen LogP contribution in [-0.4, -0.2) is 5.91 Å². The Labute approximate surface area is 96.1 Å². The zero-order chi connectivity index (χ0) is 11.0. The molecule has 0 radical (unpaired) electrons. The summed E-state index contributed by atoms with van der Waals surface area (Å²) >= 11 is 0. The van der Waals surface area contributed by atoms with Crippen molar-refractivity contribution < 1.29 is 4.79 Å². The number of para-hydroxylation sites is 1. The van der Waals surface area contributed by atoms with E-state index >= 15 is 0 Å². The molecule has 0 aromatic heterocycles. The van der Waals surface area contributed by atoms with Crippen molar-refractivity contribution in [3.63, 3.8) is 0 Å². The molecule has 1 fully saturated rings. The summed E-state index contributed by atoms with van der Waals surface area (Å²) in [5, 5.41) is 2.99.